The number of fused-ring (bicyclic) bond motifs is 1. The van der Waals surface area contributed by atoms with Crippen LogP contribution in [0.15, 0.2) is 24.3 Å². The van der Waals surface area contributed by atoms with Crippen molar-refractivity contribution in [1.29, 1.82) is 0 Å². The molecule has 0 spiro atoms. The van der Waals surface area contributed by atoms with Crippen LogP contribution in [-0.2, 0) is 6.54 Å². The third-order valence-electron chi connectivity index (χ3n) is 2.64. The molecule has 0 aliphatic carbocycles. The average molecular weight is 201 g/mol. The van der Waals surface area contributed by atoms with Crippen molar-refractivity contribution in [3.05, 3.63) is 35.4 Å². The van der Waals surface area contributed by atoms with Crippen molar-refractivity contribution in [2.24, 2.45) is 0 Å². The van der Waals surface area contributed by atoms with E-state index in [2.05, 4.69) is 42.4 Å². The Morgan fingerprint density at radius 1 is 1.27 bits per heavy atom. The van der Waals surface area contributed by atoms with Gasteiger partial charge < -0.3 is 0 Å². The zero-order chi connectivity index (χ0) is 10.8. The van der Waals surface area contributed by atoms with Gasteiger partial charge in [0.2, 0.25) is 0 Å². The fourth-order valence-electron chi connectivity index (χ4n) is 1.56. The highest BCUT2D eigenvalue weighted by atomic mass is 15.4. The van der Waals surface area contributed by atoms with Crippen LogP contribution in [0.2, 0.25) is 0 Å². The van der Waals surface area contributed by atoms with Gasteiger partial charge in [-0.1, -0.05) is 17.4 Å². The summed E-state index contributed by atoms with van der Waals surface area (Å²) in [5.41, 5.74) is 4.63. The van der Waals surface area contributed by atoms with Gasteiger partial charge in [-0.3, -0.25) is 0 Å². The maximum Gasteiger partial charge on any atom is 0.113 e. The van der Waals surface area contributed by atoms with Crippen molar-refractivity contribution >= 4 is 11.0 Å². The molecule has 0 unspecified atom stereocenters. The standard InChI is InChI=1S/C12H15N3/c1-4-5-6-15-12-8-10(3)9(2)7-11(12)13-14-15/h4-5,7-8H,6H2,1-3H3. The zero-order valence-electron chi connectivity index (χ0n) is 9.36. The van der Waals surface area contributed by atoms with Gasteiger partial charge in [-0.2, -0.15) is 0 Å². The molecule has 3 heteroatoms. The molecule has 2 rings (SSSR count). The Morgan fingerprint density at radius 3 is 2.73 bits per heavy atom. The molecular formula is C12H15N3. The van der Waals surface area contributed by atoms with Gasteiger partial charge in [0.1, 0.15) is 5.52 Å². The van der Waals surface area contributed by atoms with Crippen molar-refractivity contribution in [3.63, 3.8) is 0 Å². The van der Waals surface area contributed by atoms with E-state index in [0.29, 0.717) is 0 Å². The van der Waals surface area contributed by atoms with Gasteiger partial charge in [0.05, 0.1) is 12.1 Å². The fourth-order valence-corrected chi connectivity index (χ4v) is 1.56. The van der Waals surface area contributed by atoms with Gasteiger partial charge in [-0.15, -0.1) is 5.10 Å². The summed E-state index contributed by atoms with van der Waals surface area (Å²) < 4.78 is 1.92. The summed E-state index contributed by atoms with van der Waals surface area (Å²) in [5.74, 6) is 0. The van der Waals surface area contributed by atoms with E-state index in [-0.39, 0.29) is 0 Å². The number of aromatic nitrogens is 3. The van der Waals surface area contributed by atoms with Gasteiger partial charge in [-0.25, -0.2) is 4.68 Å². The Bertz CT molecular complexity index is 509. The monoisotopic (exact) mass is 201 g/mol. The molecule has 3 nitrogen and oxygen atoms in total. The minimum Gasteiger partial charge on any atom is -0.241 e. The highest BCUT2D eigenvalue weighted by Crippen LogP contribution is 2.16. The second kappa shape index (κ2) is 3.85. The molecule has 2 aromatic rings. The molecule has 0 aliphatic rings. The van der Waals surface area contributed by atoms with Crippen molar-refractivity contribution in [2.45, 2.75) is 27.3 Å². The van der Waals surface area contributed by atoms with Crippen LogP contribution in [0.1, 0.15) is 18.1 Å². The Hall–Kier alpha value is -1.64. The van der Waals surface area contributed by atoms with E-state index in [1.54, 1.807) is 0 Å². The molecule has 1 aromatic carbocycles. The largest absolute Gasteiger partial charge is 0.241 e. The molecule has 1 heterocycles. The summed E-state index contributed by atoms with van der Waals surface area (Å²) in [5, 5.41) is 8.28. The van der Waals surface area contributed by atoms with Gasteiger partial charge in [-0.05, 0) is 44.0 Å². The summed E-state index contributed by atoms with van der Waals surface area (Å²) in [4.78, 5) is 0. The molecule has 0 amide bonds. The molecule has 0 atom stereocenters. The first-order valence-electron chi connectivity index (χ1n) is 5.14. The topological polar surface area (TPSA) is 30.7 Å². The van der Waals surface area contributed by atoms with E-state index in [1.807, 2.05) is 17.7 Å². The molecule has 0 saturated carbocycles. The number of allylic oxidation sites excluding steroid dienone is 2. The van der Waals surface area contributed by atoms with Gasteiger partial charge in [0, 0.05) is 0 Å². The lowest BCUT2D eigenvalue weighted by Gasteiger charge is -2.01. The third-order valence-corrected chi connectivity index (χ3v) is 2.64. The Labute approximate surface area is 89.4 Å². The van der Waals surface area contributed by atoms with Gasteiger partial charge >= 0.3 is 0 Å². The molecule has 0 fully saturated rings. The summed E-state index contributed by atoms with van der Waals surface area (Å²) in [7, 11) is 0. The Balaban J connectivity index is 2.54. The van der Waals surface area contributed by atoms with Gasteiger partial charge in [0.25, 0.3) is 0 Å². The van der Waals surface area contributed by atoms with E-state index >= 15 is 0 Å². The Kier molecular flexibility index (Phi) is 2.54. The van der Waals surface area contributed by atoms with E-state index in [1.165, 1.54) is 11.1 Å². The number of nitrogens with zero attached hydrogens (tertiary/aromatic N) is 3. The van der Waals surface area contributed by atoms with Crippen molar-refractivity contribution in [1.82, 2.24) is 15.0 Å². The van der Waals surface area contributed by atoms with Crippen LogP contribution in [0.25, 0.3) is 11.0 Å². The number of rotatable bonds is 2. The third kappa shape index (κ3) is 1.77. The second-order valence-electron chi connectivity index (χ2n) is 3.77. The first-order valence-corrected chi connectivity index (χ1v) is 5.14. The number of hydrogen-bond acceptors (Lipinski definition) is 2. The zero-order valence-corrected chi connectivity index (χ0v) is 9.36. The molecule has 0 bridgehead atoms. The van der Waals surface area contributed by atoms with Crippen LogP contribution < -0.4 is 0 Å². The molecule has 0 aliphatic heterocycles. The van der Waals surface area contributed by atoms with Crippen molar-refractivity contribution in [3.8, 4) is 0 Å². The minimum atomic E-state index is 0.787. The molecule has 1 aromatic heterocycles. The highest BCUT2D eigenvalue weighted by Gasteiger charge is 2.04. The first kappa shape index (κ1) is 9.90. The number of aryl methyl sites for hydroxylation is 2. The predicted molar refractivity (Wildman–Crippen MR) is 61.8 cm³/mol. The van der Waals surface area contributed by atoms with E-state index in [4.69, 9.17) is 0 Å². The number of hydrogen-bond donors (Lipinski definition) is 0. The fraction of sp³-hybridized carbons (Fsp3) is 0.333. The van der Waals surface area contributed by atoms with Crippen LogP contribution in [-0.4, -0.2) is 15.0 Å². The smallest absolute Gasteiger partial charge is 0.113 e. The Morgan fingerprint density at radius 2 is 2.00 bits per heavy atom. The van der Waals surface area contributed by atoms with Crippen LogP contribution in [0.3, 0.4) is 0 Å². The summed E-state index contributed by atoms with van der Waals surface area (Å²) in [6.07, 6.45) is 4.10. The maximum atomic E-state index is 4.15. The van der Waals surface area contributed by atoms with Crippen LogP contribution in [0, 0.1) is 13.8 Å². The molecule has 0 saturated heterocycles. The molecule has 0 N–H and O–H groups in total. The molecular weight excluding hydrogens is 186 g/mol. The van der Waals surface area contributed by atoms with Crippen LogP contribution >= 0.6 is 0 Å². The predicted octanol–water partition coefficient (Wildman–Crippen LogP) is 2.62. The lowest BCUT2D eigenvalue weighted by molar-refractivity contribution is 0.682. The minimum absolute atomic E-state index is 0.787. The lowest BCUT2D eigenvalue weighted by atomic mass is 10.1. The second-order valence-corrected chi connectivity index (χ2v) is 3.77. The molecule has 15 heavy (non-hydrogen) atoms. The first-order chi connectivity index (χ1) is 7.22. The molecule has 0 radical (unpaired) electrons. The van der Waals surface area contributed by atoms with E-state index in [9.17, 15) is 0 Å². The lowest BCUT2D eigenvalue weighted by Crippen LogP contribution is -1.97. The van der Waals surface area contributed by atoms with Crippen molar-refractivity contribution in [2.75, 3.05) is 0 Å². The normalized spacial score (nSPS) is 11.7. The average Bonchev–Trinajstić information content (AvgIpc) is 2.59. The van der Waals surface area contributed by atoms with Crippen LogP contribution in [0.4, 0.5) is 0 Å². The highest BCUT2D eigenvalue weighted by molar-refractivity contribution is 5.76. The summed E-state index contributed by atoms with van der Waals surface area (Å²) in [6, 6.07) is 4.23. The molecule has 78 valence electrons. The van der Waals surface area contributed by atoms with E-state index < -0.39 is 0 Å². The van der Waals surface area contributed by atoms with Gasteiger partial charge in [0.15, 0.2) is 0 Å². The van der Waals surface area contributed by atoms with Crippen LogP contribution in [0.5, 0.6) is 0 Å². The maximum absolute atomic E-state index is 4.15. The summed E-state index contributed by atoms with van der Waals surface area (Å²) >= 11 is 0. The SMILES string of the molecule is CC=CCn1nnc2cc(C)c(C)cc21. The summed E-state index contributed by atoms with van der Waals surface area (Å²) in [6.45, 7) is 7.01. The number of benzene rings is 1. The van der Waals surface area contributed by atoms with Crippen molar-refractivity contribution < 1.29 is 0 Å². The van der Waals surface area contributed by atoms with E-state index in [0.717, 1.165) is 17.6 Å². The quantitative estimate of drug-likeness (QED) is 0.699.